The smallest absolute Gasteiger partial charge is 0.139 e. The van der Waals surface area contributed by atoms with Gasteiger partial charge in [0.15, 0.2) is 0 Å². The average Bonchev–Trinajstić information content (AvgIpc) is 3.19. The van der Waals surface area contributed by atoms with Crippen LogP contribution in [0.3, 0.4) is 0 Å². The first-order chi connectivity index (χ1) is 8.75. The number of rotatable bonds is 3. The third-order valence-corrected chi connectivity index (χ3v) is 4.72. The van der Waals surface area contributed by atoms with Gasteiger partial charge in [0.1, 0.15) is 5.78 Å². The fourth-order valence-corrected chi connectivity index (χ4v) is 3.57. The molecule has 0 aromatic heterocycles. The molecule has 1 aromatic rings. The minimum absolute atomic E-state index is 0.336. The summed E-state index contributed by atoms with van der Waals surface area (Å²) in [5, 5.41) is 0. The lowest BCUT2D eigenvalue weighted by atomic mass is 9.79. The molecule has 3 rings (SSSR count). The third kappa shape index (κ3) is 2.36. The van der Waals surface area contributed by atoms with E-state index in [0.717, 1.165) is 25.2 Å². The maximum Gasteiger partial charge on any atom is 0.139 e. The second kappa shape index (κ2) is 4.87. The number of carbonyl (C=O) groups excluding carboxylic acids is 1. The first-order valence-electron chi connectivity index (χ1n) is 7.34. The highest BCUT2D eigenvalue weighted by Gasteiger charge is 2.46. The van der Waals surface area contributed by atoms with Crippen molar-refractivity contribution in [3.8, 4) is 0 Å². The predicted octanol–water partition coefficient (Wildman–Crippen LogP) is 4.19. The lowest BCUT2D eigenvalue weighted by Crippen LogP contribution is -2.23. The normalized spacial score (nSPS) is 35.2. The van der Waals surface area contributed by atoms with E-state index in [1.165, 1.54) is 18.4 Å². The van der Waals surface area contributed by atoms with Crippen molar-refractivity contribution in [2.45, 2.75) is 44.9 Å². The van der Waals surface area contributed by atoms with Crippen LogP contribution in [0.5, 0.6) is 0 Å². The molecule has 2 aliphatic rings. The summed E-state index contributed by atoms with van der Waals surface area (Å²) in [5.74, 6) is 2.54. The number of Topliss-reactive ketones (excluding diaryl/α,β-unsaturated/α-hetero) is 1. The van der Waals surface area contributed by atoms with Crippen molar-refractivity contribution in [3.63, 3.8) is 0 Å². The molecule has 96 valence electrons. The van der Waals surface area contributed by atoms with Crippen LogP contribution in [0.1, 0.15) is 50.5 Å². The van der Waals surface area contributed by atoms with E-state index in [2.05, 4.69) is 31.2 Å². The van der Waals surface area contributed by atoms with Crippen LogP contribution in [0.15, 0.2) is 30.3 Å². The van der Waals surface area contributed by atoms with Crippen molar-refractivity contribution < 1.29 is 4.79 Å². The van der Waals surface area contributed by atoms with E-state index in [1.807, 2.05) is 6.07 Å². The summed E-state index contributed by atoms with van der Waals surface area (Å²) in [6.07, 6.45) is 5.93. The van der Waals surface area contributed by atoms with Crippen LogP contribution in [-0.4, -0.2) is 5.78 Å². The molecule has 18 heavy (non-hydrogen) atoms. The standard InChI is InChI=1S/C17H22O/c1-12-6-5-9-14(10-12)17(18)16-11-15(16)13-7-3-2-4-8-13/h2-4,7-8,12,14-16H,5-6,9-11H2,1H3. The summed E-state index contributed by atoms with van der Waals surface area (Å²) in [7, 11) is 0. The molecule has 2 fully saturated rings. The van der Waals surface area contributed by atoms with E-state index in [1.54, 1.807) is 0 Å². The van der Waals surface area contributed by atoms with Gasteiger partial charge in [-0.2, -0.15) is 0 Å². The van der Waals surface area contributed by atoms with Gasteiger partial charge in [-0.1, -0.05) is 50.1 Å². The summed E-state index contributed by atoms with van der Waals surface area (Å²) in [4.78, 5) is 12.5. The zero-order valence-corrected chi connectivity index (χ0v) is 11.1. The van der Waals surface area contributed by atoms with Gasteiger partial charge in [-0.25, -0.2) is 0 Å². The molecule has 2 saturated carbocycles. The van der Waals surface area contributed by atoms with Crippen molar-refractivity contribution in [1.82, 2.24) is 0 Å². The minimum Gasteiger partial charge on any atom is -0.299 e. The summed E-state index contributed by atoms with van der Waals surface area (Å²) in [5.41, 5.74) is 1.36. The Morgan fingerprint density at radius 2 is 1.89 bits per heavy atom. The Kier molecular flexibility index (Phi) is 3.23. The van der Waals surface area contributed by atoms with Crippen LogP contribution in [0, 0.1) is 17.8 Å². The molecule has 0 aliphatic heterocycles. The number of ketones is 1. The molecular formula is C17H22O. The van der Waals surface area contributed by atoms with Gasteiger partial charge in [-0.3, -0.25) is 4.79 Å². The van der Waals surface area contributed by atoms with Crippen molar-refractivity contribution in [1.29, 1.82) is 0 Å². The first kappa shape index (κ1) is 12.0. The maximum atomic E-state index is 12.5. The highest BCUT2D eigenvalue weighted by molar-refractivity contribution is 5.87. The molecule has 2 aliphatic carbocycles. The summed E-state index contributed by atoms with van der Waals surface area (Å²) < 4.78 is 0. The molecule has 1 heteroatoms. The topological polar surface area (TPSA) is 17.1 Å². The van der Waals surface area contributed by atoms with Crippen LogP contribution in [-0.2, 0) is 4.79 Å². The van der Waals surface area contributed by atoms with Crippen molar-refractivity contribution >= 4 is 5.78 Å². The lowest BCUT2D eigenvalue weighted by molar-refractivity contribution is -0.125. The molecule has 1 nitrogen and oxygen atoms in total. The lowest BCUT2D eigenvalue weighted by Gasteiger charge is -2.25. The maximum absolute atomic E-state index is 12.5. The molecule has 0 N–H and O–H groups in total. The van der Waals surface area contributed by atoms with Gasteiger partial charge >= 0.3 is 0 Å². The predicted molar refractivity (Wildman–Crippen MR) is 73.4 cm³/mol. The van der Waals surface area contributed by atoms with Crippen LogP contribution in [0.4, 0.5) is 0 Å². The molecular weight excluding hydrogens is 220 g/mol. The van der Waals surface area contributed by atoms with E-state index < -0.39 is 0 Å². The largest absolute Gasteiger partial charge is 0.299 e. The molecule has 0 spiro atoms. The molecule has 0 saturated heterocycles. The van der Waals surface area contributed by atoms with E-state index in [4.69, 9.17) is 0 Å². The van der Waals surface area contributed by atoms with Crippen molar-refractivity contribution in [2.75, 3.05) is 0 Å². The molecule has 0 bridgehead atoms. The molecule has 0 heterocycles. The van der Waals surface area contributed by atoms with Crippen molar-refractivity contribution in [2.24, 2.45) is 17.8 Å². The summed E-state index contributed by atoms with van der Waals surface area (Å²) in [6.45, 7) is 2.29. The Morgan fingerprint density at radius 3 is 2.61 bits per heavy atom. The van der Waals surface area contributed by atoms with E-state index in [9.17, 15) is 4.79 Å². The third-order valence-electron chi connectivity index (χ3n) is 4.72. The van der Waals surface area contributed by atoms with Gasteiger partial charge in [0.2, 0.25) is 0 Å². The molecule has 1 aromatic carbocycles. The van der Waals surface area contributed by atoms with Crippen LogP contribution in [0.25, 0.3) is 0 Å². The van der Waals surface area contributed by atoms with E-state index in [0.29, 0.717) is 23.5 Å². The van der Waals surface area contributed by atoms with Crippen LogP contribution >= 0.6 is 0 Å². The molecule has 4 atom stereocenters. The second-order valence-corrected chi connectivity index (χ2v) is 6.23. The molecule has 4 unspecified atom stereocenters. The summed E-state index contributed by atoms with van der Waals surface area (Å²) in [6, 6.07) is 10.5. The minimum atomic E-state index is 0.336. The van der Waals surface area contributed by atoms with E-state index >= 15 is 0 Å². The van der Waals surface area contributed by atoms with Gasteiger partial charge in [-0.15, -0.1) is 0 Å². The Balaban J connectivity index is 1.62. The number of hydrogen-bond acceptors (Lipinski definition) is 1. The Hall–Kier alpha value is -1.11. The van der Waals surface area contributed by atoms with Gasteiger partial charge in [0.25, 0.3) is 0 Å². The molecule has 0 radical (unpaired) electrons. The number of hydrogen-bond donors (Lipinski definition) is 0. The van der Waals surface area contributed by atoms with Crippen molar-refractivity contribution in [3.05, 3.63) is 35.9 Å². The fraction of sp³-hybridized carbons (Fsp3) is 0.588. The quantitative estimate of drug-likeness (QED) is 0.777. The highest BCUT2D eigenvalue weighted by Crippen LogP contribution is 2.50. The zero-order chi connectivity index (χ0) is 12.5. The van der Waals surface area contributed by atoms with Gasteiger partial charge in [-0.05, 0) is 36.7 Å². The Bertz CT molecular complexity index is 422. The zero-order valence-electron chi connectivity index (χ0n) is 11.1. The number of benzene rings is 1. The SMILES string of the molecule is CC1CCCC(C(=O)C2CC2c2ccccc2)C1. The Labute approximate surface area is 110 Å². The van der Waals surface area contributed by atoms with E-state index in [-0.39, 0.29) is 0 Å². The van der Waals surface area contributed by atoms with Gasteiger partial charge in [0, 0.05) is 11.8 Å². The average molecular weight is 242 g/mol. The van der Waals surface area contributed by atoms with Crippen LogP contribution in [0.2, 0.25) is 0 Å². The monoisotopic (exact) mass is 242 g/mol. The second-order valence-electron chi connectivity index (χ2n) is 6.23. The van der Waals surface area contributed by atoms with Crippen LogP contribution < -0.4 is 0 Å². The Morgan fingerprint density at radius 1 is 1.11 bits per heavy atom. The van der Waals surface area contributed by atoms with Gasteiger partial charge in [0.05, 0.1) is 0 Å². The molecule has 0 amide bonds. The summed E-state index contributed by atoms with van der Waals surface area (Å²) >= 11 is 0. The highest BCUT2D eigenvalue weighted by atomic mass is 16.1. The number of carbonyl (C=O) groups is 1. The van der Waals surface area contributed by atoms with Gasteiger partial charge < -0.3 is 0 Å². The fourth-order valence-electron chi connectivity index (χ4n) is 3.57. The first-order valence-corrected chi connectivity index (χ1v) is 7.34.